The maximum Gasteiger partial charge on any atom is 0.313 e. The molecule has 10 heteroatoms. The van der Waals surface area contributed by atoms with Crippen molar-refractivity contribution in [1.29, 1.82) is 0 Å². The number of nitrogens with zero attached hydrogens (tertiary/aromatic N) is 2. The van der Waals surface area contributed by atoms with Crippen LogP contribution >= 0.6 is 0 Å². The SMILES string of the molecule is CCCC(C)N1CC=C[C@@]23O[C@H]4/C=C\CCC(=O)NC[C@H](C)OC(=O)[C@H]4[C@@H]2C(=O)N(CCCCO)[C@H]3C1=O. The van der Waals surface area contributed by atoms with Crippen LogP contribution in [0.2, 0.25) is 0 Å². The van der Waals surface area contributed by atoms with E-state index in [1.54, 1.807) is 28.9 Å². The Morgan fingerprint density at radius 2 is 1.97 bits per heavy atom. The van der Waals surface area contributed by atoms with Crippen molar-refractivity contribution in [2.75, 3.05) is 26.2 Å². The second-order valence-electron chi connectivity index (χ2n) is 10.9. The smallest absolute Gasteiger partial charge is 0.313 e. The van der Waals surface area contributed by atoms with Gasteiger partial charge in [-0.05, 0) is 39.5 Å². The van der Waals surface area contributed by atoms with Crippen LogP contribution in [0.3, 0.4) is 0 Å². The molecule has 2 fully saturated rings. The molecule has 4 rings (SSSR count). The van der Waals surface area contributed by atoms with Gasteiger partial charge in [0.2, 0.25) is 17.7 Å². The quantitative estimate of drug-likeness (QED) is 0.288. The number of nitrogens with one attached hydrogen (secondary N) is 1. The van der Waals surface area contributed by atoms with Crippen molar-refractivity contribution in [2.45, 2.75) is 89.2 Å². The third-order valence-corrected chi connectivity index (χ3v) is 8.11. The summed E-state index contributed by atoms with van der Waals surface area (Å²) in [5.74, 6) is -3.05. The molecule has 10 nitrogen and oxygen atoms in total. The molecular formula is C28H41N3O7. The molecule has 0 saturated carbocycles. The number of likely N-dealkylation sites (tertiary alicyclic amines) is 1. The van der Waals surface area contributed by atoms with Crippen molar-refractivity contribution < 1.29 is 33.8 Å². The number of esters is 1. The van der Waals surface area contributed by atoms with Crippen molar-refractivity contribution in [3.05, 3.63) is 24.3 Å². The minimum Gasteiger partial charge on any atom is -0.460 e. The third kappa shape index (κ3) is 5.25. The Kier molecular flexibility index (Phi) is 8.92. The van der Waals surface area contributed by atoms with Crippen LogP contribution in [0.25, 0.3) is 0 Å². The van der Waals surface area contributed by atoms with Crippen LogP contribution in [0.1, 0.15) is 59.3 Å². The second-order valence-corrected chi connectivity index (χ2v) is 10.9. The van der Waals surface area contributed by atoms with Gasteiger partial charge in [0.05, 0.1) is 18.6 Å². The van der Waals surface area contributed by atoms with Crippen LogP contribution in [-0.4, -0.2) is 94.7 Å². The van der Waals surface area contributed by atoms with Gasteiger partial charge in [0.1, 0.15) is 23.7 Å². The second kappa shape index (κ2) is 12.0. The molecular weight excluding hydrogens is 490 g/mol. The molecule has 38 heavy (non-hydrogen) atoms. The van der Waals surface area contributed by atoms with Crippen LogP contribution in [0.4, 0.5) is 0 Å². The maximum absolute atomic E-state index is 14.2. The van der Waals surface area contributed by atoms with E-state index in [1.807, 2.05) is 19.1 Å². The van der Waals surface area contributed by atoms with E-state index in [1.165, 1.54) is 0 Å². The fourth-order valence-electron chi connectivity index (χ4n) is 6.28. The standard InChI is InChI=1S/C28H41N3O7/c1-4-10-18(2)30-15-9-13-28-23(25(34)31(14-7-8-16-32)24(28)26(30)35)22-20(38-28)11-5-6-12-21(33)29-17-19(3)37-27(22)36/h5,9,11,13,18-20,22-24,32H,4,6-8,10,12,14-17H2,1-3H3,(H,29,33)/b11-5-/t18?,19-,20-,22+,23+,24-,28+/m0/s1. The number of hydrogen-bond acceptors (Lipinski definition) is 7. The Balaban J connectivity index is 1.76. The van der Waals surface area contributed by atoms with Gasteiger partial charge in [0, 0.05) is 32.2 Å². The first-order valence-corrected chi connectivity index (χ1v) is 14.0. The van der Waals surface area contributed by atoms with E-state index in [2.05, 4.69) is 12.2 Å². The van der Waals surface area contributed by atoms with E-state index in [-0.39, 0.29) is 49.9 Å². The van der Waals surface area contributed by atoms with E-state index in [0.717, 1.165) is 12.8 Å². The zero-order valence-corrected chi connectivity index (χ0v) is 22.6. The number of unbranched alkanes of at least 4 members (excludes halogenated alkanes) is 1. The number of ether oxygens (including phenoxy) is 2. The summed E-state index contributed by atoms with van der Waals surface area (Å²) in [7, 11) is 0. The van der Waals surface area contributed by atoms with Gasteiger partial charge < -0.3 is 29.7 Å². The van der Waals surface area contributed by atoms with Crippen molar-refractivity contribution in [3.8, 4) is 0 Å². The molecule has 4 aliphatic heterocycles. The summed E-state index contributed by atoms with van der Waals surface area (Å²) in [5, 5.41) is 12.1. The Hall–Kier alpha value is -2.72. The first-order valence-electron chi connectivity index (χ1n) is 14.0. The molecule has 4 aliphatic rings. The molecule has 0 aromatic carbocycles. The number of hydrogen-bond donors (Lipinski definition) is 2. The summed E-state index contributed by atoms with van der Waals surface area (Å²) in [6.45, 7) is 6.62. The number of aliphatic hydroxyl groups excluding tert-OH is 1. The number of amides is 3. The lowest BCUT2D eigenvalue weighted by Crippen LogP contribution is -2.56. The Bertz CT molecular complexity index is 981. The van der Waals surface area contributed by atoms with Crippen LogP contribution < -0.4 is 5.32 Å². The molecule has 0 bridgehead atoms. The highest BCUT2D eigenvalue weighted by Gasteiger charge is 2.71. The molecule has 4 heterocycles. The number of allylic oxidation sites excluding steroid dienone is 1. The van der Waals surface area contributed by atoms with E-state index < -0.39 is 41.7 Å². The zero-order chi connectivity index (χ0) is 27.4. The van der Waals surface area contributed by atoms with Crippen molar-refractivity contribution in [3.63, 3.8) is 0 Å². The third-order valence-electron chi connectivity index (χ3n) is 8.11. The molecule has 3 amide bonds. The fourth-order valence-corrected chi connectivity index (χ4v) is 6.28. The summed E-state index contributed by atoms with van der Waals surface area (Å²) < 4.78 is 12.3. The summed E-state index contributed by atoms with van der Waals surface area (Å²) in [4.78, 5) is 57.3. The number of rotatable bonds is 7. The van der Waals surface area contributed by atoms with Gasteiger partial charge in [-0.2, -0.15) is 0 Å². The number of carbonyl (C=O) groups excluding carboxylic acids is 4. The Labute approximate surface area is 224 Å². The molecule has 1 spiro atoms. The molecule has 0 aromatic rings. The highest BCUT2D eigenvalue weighted by Crippen LogP contribution is 2.53. The first kappa shape index (κ1) is 28.3. The lowest BCUT2D eigenvalue weighted by molar-refractivity contribution is -0.159. The van der Waals surface area contributed by atoms with E-state index in [9.17, 15) is 24.3 Å². The number of aliphatic hydroxyl groups is 1. The van der Waals surface area contributed by atoms with Crippen LogP contribution in [0, 0.1) is 11.8 Å². The summed E-state index contributed by atoms with van der Waals surface area (Å²) in [6, 6.07) is -0.937. The van der Waals surface area contributed by atoms with Crippen molar-refractivity contribution >= 4 is 23.7 Å². The lowest BCUT2D eigenvalue weighted by Gasteiger charge is -2.37. The summed E-state index contributed by atoms with van der Waals surface area (Å²) in [5.41, 5.74) is -1.32. The first-order chi connectivity index (χ1) is 18.2. The number of cyclic esters (lactones) is 1. The zero-order valence-electron chi connectivity index (χ0n) is 22.6. The van der Waals surface area contributed by atoms with E-state index >= 15 is 0 Å². The van der Waals surface area contributed by atoms with Crippen LogP contribution in [0.5, 0.6) is 0 Å². The molecule has 7 atom stereocenters. The maximum atomic E-state index is 14.2. The predicted molar refractivity (Wildman–Crippen MR) is 139 cm³/mol. The van der Waals surface area contributed by atoms with Gasteiger partial charge in [0.25, 0.3) is 0 Å². The minimum atomic E-state index is -1.32. The highest BCUT2D eigenvalue weighted by molar-refractivity contribution is 5.99. The molecule has 0 radical (unpaired) electrons. The monoisotopic (exact) mass is 531 g/mol. The summed E-state index contributed by atoms with van der Waals surface area (Å²) in [6.07, 6.45) is 9.39. The number of fused-ring (bicyclic) bond motifs is 2. The van der Waals surface area contributed by atoms with Gasteiger partial charge in [-0.15, -0.1) is 0 Å². The molecule has 0 aromatic heterocycles. The normalized spacial score (nSPS) is 35.3. The molecule has 1 unspecified atom stereocenters. The Morgan fingerprint density at radius 1 is 1.18 bits per heavy atom. The molecule has 0 aliphatic carbocycles. The average Bonchev–Trinajstić information content (AvgIpc) is 3.25. The lowest BCUT2D eigenvalue weighted by atomic mass is 9.78. The largest absolute Gasteiger partial charge is 0.460 e. The topological polar surface area (TPSA) is 125 Å². The van der Waals surface area contributed by atoms with Gasteiger partial charge in [-0.25, -0.2) is 0 Å². The fraction of sp³-hybridized carbons (Fsp3) is 0.714. The van der Waals surface area contributed by atoms with E-state index in [4.69, 9.17) is 9.47 Å². The van der Waals surface area contributed by atoms with Crippen molar-refractivity contribution in [1.82, 2.24) is 15.1 Å². The Morgan fingerprint density at radius 3 is 2.71 bits per heavy atom. The number of carbonyl (C=O) groups is 4. The van der Waals surface area contributed by atoms with Gasteiger partial charge in [0.15, 0.2) is 0 Å². The minimum absolute atomic E-state index is 0.0124. The van der Waals surface area contributed by atoms with E-state index in [0.29, 0.717) is 25.8 Å². The van der Waals surface area contributed by atoms with Gasteiger partial charge >= 0.3 is 5.97 Å². The molecule has 210 valence electrons. The van der Waals surface area contributed by atoms with Gasteiger partial charge in [-0.3, -0.25) is 19.2 Å². The van der Waals surface area contributed by atoms with Gasteiger partial charge in [-0.1, -0.05) is 37.6 Å². The highest BCUT2D eigenvalue weighted by atomic mass is 16.6. The molecule has 2 saturated heterocycles. The average molecular weight is 532 g/mol. The van der Waals surface area contributed by atoms with Crippen LogP contribution in [0.15, 0.2) is 24.3 Å². The predicted octanol–water partition coefficient (Wildman–Crippen LogP) is 1.32. The molecule has 2 N–H and O–H groups in total. The van der Waals surface area contributed by atoms with Crippen molar-refractivity contribution in [2.24, 2.45) is 11.8 Å². The summed E-state index contributed by atoms with van der Waals surface area (Å²) >= 11 is 0. The van der Waals surface area contributed by atoms with Crippen LogP contribution in [-0.2, 0) is 28.7 Å².